The molecule has 5 aromatic heterocycles. The number of nitrogens with one attached hydrogen (secondary N) is 1. The van der Waals surface area contributed by atoms with Crippen LogP contribution in [0.4, 0.5) is 5.82 Å². The first kappa shape index (κ1) is 30.2. The summed E-state index contributed by atoms with van der Waals surface area (Å²) < 4.78 is 46.5. The van der Waals surface area contributed by atoms with Crippen LogP contribution in [0.25, 0.3) is 33.7 Å². The molecule has 1 fully saturated rings. The second kappa shape index (κ2) is 11.8. The third-order valence-corrected chi connectivity index (χ3v) is 11.8. The lowest BCUT2D eigenvalue weighted by Crippen LogP contribution is -2.17. The Hall–Kier alpha value is -4.16. The van der Waals surface area contributed by atoms with Crippen LogP contribution in [-0.4, -0.2) is 52.5 Å². The average Bonchev–Trinajstić information content (AvgIpc) is 3.85. The van der Waals surface area contributed by atoms with Crippen LogP contribution in [-0.2, 0) is 27.4 Å². The van der Waals surface area contributed by atoms with Crippen molar-refractivity contribution in [1.82, 2.24) is 25.1 Å². The van der Waals surface area contributed by atoms with Crippen molar-refractivity contribution in [2.45, 2.75) is 76.2 Å². The monoisotopic (exact) mass is 654 g/mol. The lowest BCUT2D eigenvalue weighted by atomic mass is 9.89. The van der Waals surface area contributed by atoms with Crippen LogP contribution in [0.5, 0.6) is 0 Å². The minimum atomic E-state index is -3.72. The number of pyridine rings is 3. The normalized spacial score (nSPS) is 20.6. The molecule has 7 heterocycles. The van der Waals surface area contributed by atoms with E-state index in [1.807, 2.05) is 24.4 Å². The van der Waals surface area contributed by atoms with E-state index in [1.54, 1.807) is 13.1 Å². The maximum Gasteiger partial charge on any atom is 0.250 e. The number of nitrogens with zero attached hydrogens (tertiary/aromatic N) is 5. The topological polar surface area (TPSA) is 146 Å². The number of hydrogen-bond donors (Lipinski definition) is 1. The Morgan fingerprint density at radius 2 is 1.87 bits per heavy atom. The van der Waals surface area contributed by atoms with Gasteiger partial charge in [0.1, 0.15) is 10.7 Å². The second-order valence-corrected chi connectivity index (χ2v) is 15.3. The van der Waals surface area contributed by atoms with E-state index in [0.29, 0.717) is 52.2 Å². The van der Waals surface area contributed by atoms with E-state index in [0.717, 1.165) is 67.7 Å². The van der Waals surface area contributed by atoms with E-state index in [-0.39, 0.29) is 34.4 Å². The van der Waals surface area contributed by atoms with Gasteiger partial charge in [-0.25, -0.2) is 13.4 Å². The van der Waals surface area contributed by atoms with Gasteiger partial charge in [0, 0.05) is 49.5 Å². The smallest absolute Gasteiger partial charge is 0.250 e. The molecule has 0 bridgehead atoms. The second-order valence-electron chi connectivity index (χ2n) is 13.3. The molecule has 0 amide bonds. The zero-order valence-corrected chi connectivity index (χ0v) is 27.6. The molecule has 1 N–H and O–H groups in total. The molecule has 1 saturated heterocycles. The predicted octanol–water partition coefficient (Wildman–Crippen LogP) is 6.63. The van der Waals surface area contributed by atoms with Gasteiger partial charge in [0.25, 0.3) is 0 Å². The van der Waals surface area contributed by atoms with Crippen LogP contribution in [0.3, 0.4) is 0 Å². The molecule has 12 heteroatoms. The molecule has 0 radical (unpaired) electrons. The van der Waals surface area contributed by atoms with Gasteiger partial charge in [-0.05, 0) is 74.1 Å². The van der Waals surface area contributed by atoms with Crippen molar-refractivity contribution in [3.8, 4) is 22.8 Å². The first-order valence-corrected chi connectivity index (χ1v) is 18.2. The lowest BCUT2D eigenvalue weighted by Gasteiger charge is -2.23. The molecule has 0 spiro atoms. The van der Waals surface area contributed by atoms with Gasteiger partial charge in [-0.3, -0.25) is 9.97 Å². The van der Waals surface area contributed by atoms with Gasteiger partial charge in [0.05, 0.1) is 34.3 Å². The number of aromatic nitrogens is 5. The molecule has 1 aliphatic carbocycles. The summed E-state index contributed by atoms with van der Waals surface area (Å²) in [7, 11) is -3.72. The first-order valence-electron chi connectivity index (χ1n) is 16.5. The minimum absolute atomic E-state index is 0.00453. The number of hydrogen-bond acceptors (Lipinski definition) is 11. The fraction of sp³-hybridized carbons (Fsp3) is 0.457. The average molecular weight is 655 g/mol. The van der Waals surface area contributed by atoms with Crippen LogP contribution < -0.4 is 5.32 Å². The number of sulfone groups is 1. The maximum atomic E-state index is 14.1. The quantitative estimate of drug-likeness (QED) is 0.192. The largest absolute Gasteiger partial charge is 0.452 e. The van der Waals surface area contributed by atoms with E-state index >= 15 is 0 Å². The van der Waals surface area contributed by atoms with Gasteiger partial charge in [-0.15, -0.1) is 10.2 Å². The van der Waals surface area contributed by atoms with Gasteiger partial charge in [0.2, 0.25) is 11.8 Å². The Morgan fingerprint density at radius 1 is 1.02 bits per heavy atom. The summed E-state index contributed by atoms with van der Waals surface area (Å²) in [5.74, 6) is 1.95. The first-order chi connectivity index (χ1) is 22.8. The Balaban J connectivity index is 1.31. The summed E-state index contributed by atoms with van der Waals surface area (Å²) in [6, 6.07) is 7.86. The van der Waals surface area contributed by atoms with Crippen molar-refractivity contribution in [1.29, 1.82) is 0 Å². The molecule has 0 unspecified atom stereocenters. The van der Waals surface area contributed by atoms with Gasteiger partial charge in [0.15, 0.2) is 21.2 Å². The fourth-order valence-corrected chi connectivity index (χ4v) is 9.66. The number of aryl methyl sites for hydroxylation is 3. The summed E-state index contributed by atoms with van der Waals surface area (Å²) in [6.07, 6.45) is 8.85. The molecule has 0 aromatic carbocycles. The zero-order chi connectivity index (χ0) is 32.3. The molecule has 47 heavy (non-hydrogen) atoms. The summed E-state index contributed by atoms with van der Waals surface area (Å²) in [5, 5.41) is 12.9. The van der Waals surface area contributed by atoms with Crippen LogP contribution >= 0.6 is 0 Å². The van der Waals surface area contributed by atoms with Crippen LogP contribution in [0.15, 0.2) is 50.4 Å². The van der Waals surface area contributed by atoms with Crippen molar-refractivity contribution in [3.63, 3.8) is 0 Å². The predicted molar refractivity (Wildman–Crippen MR) is 176 cm³/mol. The summed E-state index contributed by atoms with van der Waals surface area (Å²) in [4.78, 5) is 14.6. The standard InChI is InChI=1S/C35H38N6O5S/c1-19(2)24-18-47(42,43)33-30(29(35-41-40-20(3)45-35)27(38-31(24)33)7-6-21-11-15-44-16-12-21)28-17-22-10-14-37-34(32(22)46-28)39-26-9-8-25-23(26)5-4-13-36-25/h4-5,10,13-14,17,19,21,24,26H,6-9,11-12,15-16,18H2,1-3H3,(H,37,39)/t24-,26+/m0/s1. The van der Waals surface area contributed by atoms with Crippen molar-refractivity contribution in [2.75, 3.05) is 24.3 Å². The van der Waals surface area contributed by atoms with Gasteiger partial charge >= 0.3 is 0 Å². The number of rotatable bonds is 8. The molecular formula is C35H38N6O5S. The SMILES string of the molecule is Cc1nnc(-c2c(CCC3CCOCC3)nc3c(c2-c2cc4ccnc(N[C@@H]5CCc6ncccc65)c4o2)S(=O)(=O)C[C@H]3C(C)C)o1. The minimum Gasteiger partial charge on any atom is -0.452 e. The van der Waals surface area contributed by atoms with Gasteiger partial charge < -0.3 is 18.9 Å². The highest BCUT2D eigenvalue weighted by Gasteiger charge is 2.43. The van der Waals surface area contributed by atoms with E-state index in [9.17, 15) is 8.42 Å². The number of fused-ring (bicyclic) bond motifs is 3. The van der Waals surface area contributed by atoms with Crippen molar-refractivity contribution >= 4 is 26.6 Å². The Bertz CT molecular complexity index is 2080. The number of furan rings is 1. The molecule has 11 nitrogen and oxygen atoms in total. The summed E-state index contributed by atoms with van der Waals surface area (Å²) >= 11 is 0. The Labute approximate surface area is 273 Å². The molecule has 5 aromatic rings. The molecule has 2 aliphatic heterocycles. The van der Waals surface area contributed by atoms with E-state index in [4.69, 9.17) is 18.6 Å². The molecule has 244 valence electrons. The van der Waals surface area contributed by atoms with E-state index in [1.165, 1.54) is 0 Å². The molecule has 3 aliphatic rings. The van der Waals surface area contributed by atoms with Crippen molar-refractivity contribution in [2.24, 2.45) is 11.8 Å². The van der Waals surface area contributed by atoms with E-state index < -0.39 is 9.84 Å². The molecule has 8 rings (SSSR count). The van der Waals surface area contributed by atoms with Crippen molar-refractivity contribution in [3.05, 3.63) is 65.2 Å². The fourth-order valence-electron chi connectivity index (χ4n) is 7.45. The zero-order valence-electron chi connectivity index (χ0n) is 26.8. The Kier molecular flexibility index (Phi) is 7.59. The van der Waals surface area contributed by atoms with Gasteiger partial charge in [-0.2, -0.15) is 0 Å². The van der Waals surface area contributed by atoms with Crippen LogP contribution in [0.1, 0.15) is 80.0 Å². The number of ether oxygens (including phenoxy) is 1. The highest BCUT2D eigenvalue weighted by molar-refractivity contribution is 7.92. The third kappa shape index (κ3) is 5.41. The van der Waals surface area contributed by atoms with Crippen molar-refractivity contribution < 1.29 is 22.0 Å². The summed E-state index contributed by atoms with van der Waals surface area (Å²) in [6.45, 7) is 7.34. The highest BCUT2D eigenvalue weighted by Crippen LogP contribution is 2.49. The van der Waals surface area contributed by atoms with E-state index in [2.05, 4.69) is 45.4 Å². The Morgan fingerprint density at radius 3 is 2.66 bits per heavy atom. The molecule has 2 atom stereocenters. The maximum absolute atomic E-state index is 14.1. The lowest BCUT2D eigenvalue weighted by molar-refractivity contribution is 0.0639. The molecular weight excluding hydrogens is 616 g/mol. The highest BCUT2D eigenvalue weighted by atomic mass is 32.2. The summed E-state index contributed by atoms with van der Waals surface area (Å²) in [5.41, 5.74) is 5.12. The molecule has 0 saturated carbocycles. The third-order valence-electron chi connectivity index (χ3n) is 9.95. The van der Waals surface area contributed by atoms with Crippen LogP contribution in [0, 0.1) is 18.8 Å². The van der Waals surface area contributed by atoms with Crippen LogP contribution in [0.2, 0.25) is 0 Å². The number of anilines is 1. The van der Waals surface area contributed by atoms with Gasteiger partial charge in [-0.1, -0.05) is 19.9 Å².